The van der Waals surface area contributed by atoms with Crippen LogP contribution in [-0.2, 0) is 11.3 Å². The Labute approximate surface area is 159 Å². The summed E-state index contributed by atoms with van der Waals surface area (Å²) in [7, 11) is 0. The minimum Gasteiger partial charge on any atom is -0.324 e. The number of thioether (sulfide) groups is 1. The molecule has 2 heterocycles. The van der Waals surface area contributed by atoms with Crippen LogP contribution in [0.1, 0.15) is 35.4 Å². The Morgan fingerprint density at radius 2 is 2.04 bits per heavy atom. The molecule has 1 aromatic heterocycles. The van der Waals surface area contributed by atoms with Gasteiger partial charge in [-0.25, -0.2) is 4.98 Å². The van der Waals surface area contributed by atoms with E-state index in [4.69, 9.17) is 0 Å². The number of nitro benzene ring substituents is 1. The van der Waals surface area contributed by atoms with Gasteiger partial charge in [0, 0.05) is 36.4 Å². The number of benzene rings is 1. The first-order chi connectivity index (χ1) is 13.0. The van der Waals surface area contributed by atoms with Crippen LogP contribution in [0.2, 0.25) is 0 Å². The summed E-state index contributed by atoms with van der Waals surface area (Å²) in [4.78, 5) is 41.4. The summed E-state index contributed by atoms with van der Waals surface area (Å²) < 4.78 is 1.34. The molecule has 0 bridgehead atoms. The summed E-state index contributed by atoms with van der Waals surface area (Å²) in [6.07, 6.45) is 3.59. The lowest BCUT2D eigenvalue weighted by atomic mass is 10.2. The van der Waals surface area contributed by atoms with Gasteiger partial charge in [-0.1, -0.05) is 0 Å². The molecule has 0 N–H and O–H groups in total. The van der Waals surface area contributed by atoms with Crippen molar-refractivity contribution in [1.82, 2.24) is 14.5 Å². The van der Waals surface area contributed by atoms with Crippen LogP contribution >= 0.6 is 11.8 Å². The Balaban J connectivity index is 1.49. The van der Waals surface area contributed by atoms with Gasteiger partial charge in [-0.15, -0.1) is 11.8 Å². The smallest absolute Gasteiger partial charge is 0.269 e. The number of nitrogens with zero attached hydrogens (tertiary/aromatic N) is 4. The van der Waals surface area contributed by atoms with Crippen LogP contribution in [0.4, 0.5) is 5.69 Å². The van der Waals surface area contributed by atoms with Gasteiger partial charge in [0.05, 0.1) is 16.9 Å². The number of nitro groups is 1. The zero-order valence-electron chi connectivity index (χ0n) is 14.5. The zero-order valence-corrected chi connectivity index (χ0v) is 15.3. The van der Waals surface area contributed by atoms with Crippen molar-refractivity contribution < 1.29 is 9.72 Å². The molecule has 1 unspecified atom stereocenters. The molecule has 8 nitrogen and oxygen atoms in total. The van der Waals surface area contributed by atoms with E-state index in [1.807, 2.05) is 0 Å². The van der Waals surface area contributed by atoms with Crippen LogP contribution < -0.4 is 5.56 Å². The summed E-state index contributed by atoms with van der Waals surface area (Å²) in [6.45, 7) is 0.522. The molecule has 1 aliphatic carbocycles. The van der Waals surface area contributed by atoms with Crippen molar-refractivity contribution in [2.75, 3.05) is 12.3 Å². The third-order valence-electron chi connectivity index (χ3n) is 4.80. The van der Waals surface area contributed by atoms with Gasteiger partial charge in [0.15, 0.2) is 0 Å². The van der Waals surface area contributed by atoms with Crippen LogP contribution in [0.3, 0.4) is 0 Å². The number of hydrogen-bond acceptors (Lipinski definition) is 6. The second-order valence-corrected chi connectivity index (χ2v) is 7.90. The van der Waals surface area contributed by atoms with E-state index in [1.165, 1.54) is 29.1 Å². The fourth-order valence-electron chi connectivity index (χ4n) is 3.16. The number of carbonyl (C=O) groups is 1. The maximum absolute atomic E-state index is 12.8. The Hall–Kier alpha value is -2.68. The molecule has 2 aliphatic rings. The first-order valence-electron chi connectivity index (χ1n) is 8.75. The molecule has 2 fully saturated rings. The highest BCUT2D eigenvalue weighted by Gasteiger charge is 2.31. The number of amides is 1. The molecule has 1 amide bonds. The highest BCUT2D eigenvalue weighted by atomic mass is 32.2. The fraction of sp³-hybridized carbons (Fsp3) is 0.389. The molecule has 1 saturated carbocycles. The van der Waals surface area contributed by atoms with E-state index in [2.05, 4.69) is 4.98 Å². The summed E-state index contributed by atoms with van der Waals surface area (Å²) in [6, 6.07) is 7.78. The molecule has 1 atom stereocenters. The van der Waals surface area contributed by atoms with Crippen molar-refractivity contribution >= 4 is 23.4 Å². The van der Waals surface area contributed by atoms with Crippen LogP contribution in [0.15, 0.2) is 41.5 Å². The van der Waals surface area contributed by atoms with E-state index >= 15 is 0 Å². The average Bonchev–Trinajstić information content (AvgIpc) is 3.39. The van der Waals surface area contributed by atoms with Crippen molar-refractivity contribution in [3.8, 4) is 0 Å². The van der Waals surface area contributed by atoms with Gasteiger partial charge in [-0.05, 0) is 30.5 Å². The van der Waals surface area contributed by atoms with Crippen molar-refractivity contribution in [3.05, 3.63) is 68.4 Å². The van der Waals surface area contributed by atoms with Crippen LogP contribution in [0, 0.1) is 10.1 Å². The van der Waals surface area contributed by atoms with Crippen molar-refractivity contribution in [1.29, 1.82) is 0 Å². The second-order valence-electron chi connectivity index (χ2n) is 6.71. The summed E-state index contributed by atoms with van der Waals surface area (Å²) in [5.74, 6) is 1.01. The molecule has 1 aromatic carbocycles. The van der Waals surface area contributed by atoms with E-state index in [0.717, 1.165) is 29.9 Å². The maximum atomic E-state index is 12.8. The molecule has 140 valence electrons. The van der Waals surface area contributed by atoms with Crippen molar-refractivity contribution in [2.45, 2.75) is 30.7 Å². The lowest BCUT2D eigenvalue weighted by Crippen LogP contribution is -2.36. The first-order valence-corrected chi connectivity index (χ1v) is 9.79. The number of rotatable bonds is 5. The topological polar surface area (TPSA) is 98.3 Å². The third-order valence-corrected chi connectivity index (χ3v) is 6.06. The van der Waals surface area contributed by atoms with Crippen molar-refractivity contribution in [2.24, 2.45) is 0 Å². The number of hydrogen-bond donors (Lipinski definition) is 0. The second kappa shape index (κ2) is 7.15. The lowest BCUT2D eigenvalue weighted by Gasteiger charge is -2.24. The Kier molecular flexibility index (Phi) is 4.69. The highest BCUT2D eigenvalue weighted by Crippen LogP contribution is 2.39. The van der Waals surface area contributed by atoms with E-state index in [1.54, 1.807) is 28.8 Å². The van der Waals surface area contributed by atoms with Gasteiger partial charge in [0.25, 0.3) is 11.2 Å². The molecule has 1 aliphatic heterocycles. The van der Waals surface area contributed by atoms with E-state index in [9.17, 15) is 19.7 Å². The van der Waals surface area contributed by atoms with E-state index in [-0.39, 0.29) is 29.1 Å². The van der Waals surface area contributed by atoms with Gasteiger partial charge in [-0.3, -0.25) is 24.3 Å². The Bertz CT molecular complexity index is 939. The number of non-ortho nitro benzene ring substituents is 1. The van der Waals surface area contributed by atoms with E-state index in [0.29, 0.717) is 12.5 Å². The molecule has 9 heteroatoms. The SMILES string of the molecule is O=C(Cn1cnc(C2CC2)cc1=O)N1CCSC1c1ccc([N+](=O)[O-])cc1. The molecule has 4 rings (SSSR count). The predicted octanol–water partition coefficient (Wildman–Crippen LogP) is 2.30. The lowest BCUT2D eigenvalue weighted by molar-refractivity contribution is -0.384. The van der Waals surface area contributed by atoms with Crippen molar-refractivity contribution in [3.63, 3.8) is 0 Å². The number of aromatic nitrogens is 2. The highest BCUT2D eigenvalue weighted by molar-refractivity contribution is 7.99. The summed E-state index contributed by atoms with van der Waals surface area (Å²) in [5.41, 5.74) is 1.46. The normalized spacial score (nSPS) is 19.3. The van der Waals surface area contributed by atoms with E-state index < -0.39 is 4.92 Å². The standard InChI is InChI=1S/C18H18N4O4S/c23-16-9-15(12-1-2-12)19-11-20(16)10-17(24)21-7-8-27-18(21)13-3-5-14(6-4-13)22(25)26/h3-6,9,11-12,18H,1-2,7-8,10H2. The zero-order chi connectivity index (χ0) is 19.0. The molecule has 27 heavy (non-hydrogen) atoms. The quantitative estimate of drug-likeness (QED) is 0.578. The maximum Gasteiger partial charge on any atom is 0.269 e. The summed E-state index contributed by atoms with van der Waals surface area (Å²) >= 11 is 1.61. The van der Waals surface area contributed by atoms with Crippen LogP contribution in [0.5, 0.6) is 0 Å². The monoisotopic (exact) mass is 386 g/mol. The first kappa shape index (κ1) is 17.7. The fourth-order valence-corrected chi connectivity index (χ4v) is 4.44. The largest absolute Gasteiger partial charge is 0.324 e. The minimum atomic E-state index is -0.445. The molecule has 0 spiro atoms. The molecule has 2 aromatic rings. The molecular formula is C18H18N4O4S. The Morgan fingerprint density at radius 1 is 1.30 bits per heavy atom. The third kappa shape index (κ3) is 3.73. The van der Waals surface area contributed by atoms with Gasteiger partial charge < -0.3 is 4.90 Å². The number of carbonyl (C=O) groups excluding carboxylic acids is 1. The van der Waals surface area contributed by atoms with Crippen LogP contribution in [0.25, 0.3) is 0 Å². The Morgan fingerprint density at radius 3 is 2.67 bits per heavy atom. The predicted molar refractivity (Wildman–Crippen MR) is 100 cm³/mol. The van der Waals surface area contributed by atoms with Gasteiger partial charge in [-0.2, -0.15) is 0 Å². The van der Waals surface area contributed by atoms with Gasteiger partial charge in [0.1, 0.15) is 11.9 Å². The van der Waals surface area contributed by atoms with Gasteiger partial charge >= 0.3 is 0 Å². The average molecular weight is 386 g/mol. The molecule has 1 saturated heterocycles. The minimum absolute atomic E-state index is 0.0213. The van der Waals surface area contributed by atoms with Gasteiger partial charge in [0.2, 0.25) is 5.91 Å². The molecule has 0 radical (unpaired) electrons. The van der Waals surface area contributed by atoms with Crippen LogP contribution in [-0.4, -0.2) is 37.6 Å². The summed E-state index contributed by atoms with van der Waals surface area (Å²) in [5, 5.41) is 10.6. The molecular weight excluding hydrogens is 368 g/mol.